The van der Waals surface area contributed by atoms with E-state index < -0.39 is 11.4 Å². The maximum absolute atomic E-state index is 12.5. The molecule has 0 atom stereocenters. The van der Waals surface area contributed by atoms with Crippen molar-refractivity contribution in [2.24, 2.45) is 11.3 Å². The largest absolute Gasteiger partial charge is 0.455 e. The van der Waals surface area contributed by atoms with Crippen molar-refractivity contribution < 1.29 is 19.1 Å². The molecule has 2 aromatic heterocycles. The van der Waals surface area contributed by atoms with E-state index >= 15 is 0 Å². The third-order valence-electron chi connectivity index (χ3n) is 5.46. The number of amides is 4. The van der Waals surface area contributed by atoms with Gasteiger partial charge >= 0.3 is 6.03 Å². The highest BCUT2D eigenvalue weighted by Gasteiger charge is 2.41. The number of pyridine rings is 2. The van der Waals surface area contributed by atoms with Crippen LogP contribution in [0.25, 0.3) is 0 Å². The summed E-state index contributed by atoms with van der Waals surface area (Å²) in [5.74, 6) is 1.64. The van der Waals surface area contributed by atoms with Crippen LogP contribution >= 0.6 is 0 Å². The first kappa shape index (κ1) is 20.8. The van der Waals surface area contributed by atoms with Gasteiger partial charge < -0.3 is 10.1 Å². The number of nitrogens with one attached hydrogen (secondary N) is 2. The second-order valence-electron chi connectivity index (χ2n) is 8.54. The second-order valence-corrected chi connectivity index (χ2v) is 8.54. The first-order valence-corrected chi connectivity index (χ1v) is 10.3. The summed E-state index contributed by atoms with van der Waals surface area (Å²) in [5, 5.41) is 5.46. The first-order valence-electron chi connectivity index (χ1n) is 10.3. The van der Waals surface area contributed by atoms with Crippen LogP contribution in [0.5, 0.6) is 11.5 Å². The number of anilines is 2. The predicted octanol–water partition coefficient (Wildman–Crippen LogP) is 3.72. The Balaban J connectivity index is 1.40. The Morgan fingerprint density at radius 2 is 1.94 bits per heavy atom. The van der Waals surface area contributed by atoms with Crippen LogP contribution in [-0.2, 0) is 9.59 Å². The van der Waals surface area contributed by atoms with E-state index in [1.807, 2.05) is 13.8 Å². The lowest BCUT2D eigenvalue weighted by atomic mass is 9.92. The standard InChI is InChI=1S/C22H25N5O4/c1-13-16(31-15-8-10-23-18(12-15)25-19(28)14-4-5-14)6-7-17(24-13)26-21(30)27-11-9-22(2,3)20(27)29/h6-8,10,12,14H,4-5,9,11H2,1-3H3,(H,23,25,28)(H,24,26,30). The van der Waals surface area contributed by atoms with Gasteiger partial charge in [0.1, 0.15) is 23.1 Å². The van der Waals surface area contributed by atoms with Gasteiger partial charge in [0.2, 0.25) is 11.8 Å². The number of carbonyl (C=O) groups excluding carboxylic acids is 3. The number of aromatic nitrogens is 2. The molecule has 4 amide bonds. The molecular weight excluding hydrogens is 398 g/mol. The summed E-state index contributed by atoms with van der Waals surface area (Å²) in [4.78, 5) is 46.4. The molecule has 9 nitrogen and oxygen atoms in total. The molecule has 31 heavy (non-hydrogen) atoms. The van der Waals surface area contributed by atoms with Crippen molar-refractivity contribution >= 4 is 29.5 Å². The van der Waals surface area contributed by atoms with E-state index in [1.54, 1.807) is 37.4 Å². The van der Waals surface area contributed by atoms with Crippen LogP contribution in [-0.4, -0.2) is 39.3 Å². The van der Waals surface area contributed by atoms with Crippen molar-refractivity contribution in [3.05, 3.63) is 36.2 Å². The van der Waals surface area contributed by atoms with Crippen molar-refractivity contribution in [1.82, 2.24) is 14.9 Å². The lowest BCUT2D eigenvalue weighted by Crippen LogP contribution is -2.39. The van der Waals surface area contributed by atoms with E-state index in [0.717, 1.165) is 12.8 Å². The van der Waals surface area contributed by atoms with Crippen molar-refractivity contribution in [1.29, 1.82) is 0 Å². The highest BCUT2D eigenvalue weighted by Crippen LogP contribution is 2.32. The lowest BCUT2D eigenvalue weighted by molar-refractivity contribution is -0.131. The fourth-order valence-corrected chi connectivity index (χ4v) is 3.31. The van der Waals surface area contributed by atoms with Crippen LogP contribution in [0.15, 0.2) is 30.5 Å². The summed E-state index contributed by atoms with van der Waals surface area (Å²) in [7, 11) is 0. The zero-order chi connectivity index (χ0) is 22.2. The van der Waals surface area contributed by atoms with Crippen molar-refractivity contribution in [3.63, 3.8) is 0 Å². The summed E-state index contributed by atoms with van der Waals surface area (Å²) in [6.07, 6.45) is 4.02. The molecule has 9 heteroatoms. The second kappa shape index (κ2) is 7.98. The van der Waals surface area contributed by atoms with Gasteiger partial charge in [-0.1, -0.05) is 13.8 Å². The van der Waals surface area contributed by atoms with Gasteiger partial charge in [-0.15, -0.1) is 0 Å². The molecule has 2 N–H and O–H groups in total. The number of nitrogens with zero attached hydrogens (tertiary/aromatic N) is 3. The van der Waals surface area contributed by atoms with Crippen LogP contribution < -0.4 is 15.4 Å². The maximum Gasteiger partial charge on any atom is 0.329 e. The van der Waals surface area contributed by atoms with Gasteiger partial charge in [-0.05, 0) is 44.4 Å². The molecule has 0 unspecified atom stereocenters. The van der Waals surface area contributed by atoms with E-state index in [0.29, 0.717) is 41.8 Å². The first-order chi connectivity index (χ1) is 14.7. The van der Waals surface area contributed by atoms with Gasteiger partial charge in [-0.2, -0.15) is 0 Å². The molecule has 3 heterocycles. The van der Waals surface area contributed by atoms with E-state index in [9.17, 15) is 14.4 Å². The number of hydrogen-bond donors (Lipinski definition) is 2. The highest BCUT2D eigenvalue weighted by atomic mass is 16.5. The Hall–Kier alpha value is -3.49. The van der Waals surface area contributed by atoms with Crippen LogP contribution in [0.2, 0.25) is 0 Å². The number of urea groups is 1. The number of likely N-dealkylation sites (tertiary alicyclic amines) is 1. The Morgan fingerprint density at radius 3 is 2.58 bits per heavy atom. The highest BCUT2D eigenvalue weighted by molar-refractivity contribution is 6.03. The Labute approximate surface area is 180 Å². The molecule has 0 radical (unpaired) electrons. The average molecular weight is 423 g/mol. The molecule has 162 valence electrons. The summed E-state index contributed by atoms with van der Waals surface area (Å²) >= 11 is 0. The fraction of sp³-hybridized carbons (Fsp3) is 0.409. The lowest BCUT2D eigenvalue weighted by Gasteiger charge is -2.18. The molecule has 4 rings (SSSR count). The summed E-state index contributed by atoms with van der Waals surface area (Å²) in [5.41, 5.74) is 0.0335. The molecule has 2 fully saturated rings. The van der Waals surface area contributed by atoms with Crippen molar-refractivity contribution in [3.8, 4) is 11.5 Å². The Bertz CT molecular complexity index is 1050. The number of rotatable bonds is 5. The number of ether oxygens (including phenoxy) is 1. The van der Waals surface area contributed by atoms with Gasteiger partial charge in [0.05, 0.1) is 5.69 Å². The zero-order valence-electron chi connectivity index (χ0n) is 17.8. The van der Waals surface area contributed by atoms with Gasteiger partial charge in [0.15, 0.2) is 0 Å². The van der Waals surface area contributed by atoms with E-state index in [4.69, 9.17) is 4.74 Å². The minimum Gasteiger partial charge on any atom is -0.455 e. The molecule has 0 bridgehead atoms. The van der Waals surface area contributed by atoms with Crippen LogP contribution in [0.4, 0.5) is 16.4 Å². The zero-order valence-corrected chi connectivity index (χ0v) is 17.8. The van der Waals surface area contributed by atoms with Crippen molar-refractivity contribution in [2.75, 3.05) is 17.2 Å². The molecule has 0 aromatic carbocycles. The van der Waals surface area contributed by atoms with Gasteiger partial charge in [-0.3, -0.25) is 19.8 Å². The topological polar surface area (TPSA) is 114 Å². The van der Waals surface area contributed by atoms with E-state index in [-0.39, 0.29) is 17.7 Å². The Kier molecular flexibility index (Phi) is 5.34. The molecule has 2 aliphatic rings. The average Bonchev–Trinajstić information content (AvgIpc) is 3.52. The Morgan fingerprint density at radius 1 is 1.16 bits per heavy atom. The predicted molar refractivity (Wildman–Crippen MR) is 114 cm³/mol. The van der Waals surface area contributed by atoms with Crippen LogP contribution in [0.1, 0.15) is 38.8 Å². The number of imide groups is 1. The van der Waals surface area contributed by atoms with Crippen LogP contribution in [0, 0.1) is 18.3 Å². The normalized spacial score (nSPS) is 17.4. The monoisotopic (exact) mass is 423 g/mol. The fourth-order valence-electron chi connectivity index (χ4n) is 3.31. The third-order valence-corrected chi connectivity index (χ3v) is 5.46. The molecule has 1 saturated carbocycles. The molecule has 1 saturated heterocycles. The summed E-state index contributed by atoms with van der Waals surface area (Å²) in [6, 6.07) is 6.15. The van der Waals surface area contributed by atoms with Crippen LogP contribution in [0.3, 0.4) is 0 Å². The smallest absolute Gasteiger partial charge is 0.329 e. The summed E-state index contributed by atoms with van der Waals surface area (Å²) < 4.78 is 5.88. The molecule has 0 spiro atoms. The van der Waals surface area contributed by atoms with E-state index in [2.05, 4.69) is 20.6 Å². The van der Waals surface area contributed by atoms with E-state index in [1.165, 1.54) is 4.90 Å². The minimum absolute atomic E-state index is 0.0255. The maximum atomic E-state index is 12.5. The molecular formula is C22H25N5O4. The minimum atomic E-state index is -0.528. The number of hydrogen-bond acceptors (Lipinski definition) is 6. The SMILES string of the molecule is Cc1nc(NC(=O)N2CCC(C)(C)C2=O)ccc1Oc1ccnc(NC(=O)C2CC2)c1. The number of aryl methyl sites for hydroxylation is 1. The molecule has 2 aromatic rings. The van der Waals surface area contributed by atoms with Gasteiger partial charge in [-0.25, -0.2) is 14.8 Å². The third kappa shape index (κ3) is 4.65. The number of carbonyl (C=O) groups is 3. The quantitative estimate of drug-likeness (QED) is 0.758. The molecule has 1 aliphatic carbocycles. The van der Waals surface area contributed by atoms with Gasteiger partial charge in [0, 0.05) is 30.1 Å². The van der Waals surface area contributed by atoms with Crippen molar-refractivity contribution in [2.45, 2.75) is 40.0 Å². The van der Waals surface area contributed by atoms with Gasteiger partial charge in [0.25, 0.3) is 0 Å². The molecule has 1 aliphatic heterocycles. The summed E-state index contributed by atoms with van der Waals surface area (Å²) in [6.45, 7) is 5.81.